The standard InChI is InChI=1S/C14H21NO2/c1-2-3-9-13(15-11-10-14(16)17)12-7-5-4-6-8-12/h4-8,13,15H,2-3,9-11H2,1H3,(H,16,17). The summed E-state index contributed by atoms with van der Waals surface area (Å²) >= 11 is 0. The molecule has 0 aromatic heterocycles. The van der Waals surface area contributed by atoms with Crippen LogP contribution in [0, 0.1) is 0 Å². The van der Waals surface area contributed by atoms with E-state index in [0.29, 0.717) is 6.54 Å². The molecule has 3 heteroatoms. The van der Waals surface area contributed by atoms with Crippen molar-refractivity contribution in [1.82, 2.24) is 5.32 Å². The molecule has 0 aliphatic carbocycles. The average molecular weight is 235 g/mol. The molecule has 0 saturated carbocycles. The fraction of sp³-hybridized carbons (Fsp3) is 0.500. The number of carboxylic acids is 1. The molecule has 1 aromatic rings. The van der Waals surface area contributed by atoms with Crippen molar-refractivity contribution in [3.8, 4) is 0 Å². The monoisotopic (exact) mass is 235 g/mol. The molecule has 0 radical (unpaired) electrons. The summed E-state index contributed by atoms with van der Waals surface area (Å²) in [6, 6.07) is 10.5. The van der Waals surface area contributed by atoms with Gasteiger partial charge in [0, 0.05) is 12.6 Å². The van der Waals surface area contributed by atoms with Gasteiger partial charge >= 0.3 is 5.97 Å². The Kier molecular flexibility index (Phi) is 6.33. The van der Waals surface area contributed by atoms with E-state index < -0.39 is 5.97 Å². The summed E-state index contributed by atoms with van der Waals surface area (Å²) in [6.07, 6.45) is 3.54. The molecule has 94 valence electrons. The molecule has 0 aliphatic heterocycles. The summed E-state index contributed by atoms with van der Waals surface area (Å²) in [5, 5.41) is 12.0. The normalized spacial score (nSPS) is 12.3. The highest BCUT2D eigenvalue weighted by atomic mass is 16.4. The van der Waals surface area contributed by atoms with Crippen LogP contribution in [0.2, 0.25) is 0 Å². The summed E-state index contributed by atoms with van der Waals surface area (Å²) in [5.74, 6) is -0.750. The third-order valence-electron chi connectivity index (χ3n) is 2.78. The van der Waals surface area contributed by atoms with E-state index in [2.05, 4.69) is 24.4 Å². The van der Waals surface area contributed by atoms with Crippen LogP contribution in [-0.4, -0.2) is 17.6 Å². The van der Waals surface area contributed by atoms with Crippen molar-refractivity contribution in [1.29, 1.82) is 0 Å². The SMILES string of the molecule is CCCCC(NCCC(=O)O)c1ccccc1. The van der Waals surface area contributed by atoms with E-state index in [1.807, 2.05) is 18.2 Å². The molecule has 0 heterocycles. The molecule has 1 rings (SSSR count). The molecule has 0 saturated heterocycles. The molecule has 0 aliphatic rings. The Morgan fingerprint density at radius 2 is 2.06 bits per heavy atom. The Labute approximate surface area is 103 Å². The zero-order valence-electron chi connectivity index (χ0n) is 10.4. The summed E-state index contributed by atoms with van der Waals surface area (Å²) in [7, 11) is 0. The lowest BCUT2D eigenvalue weighted by atomic mass is 10.0. The fourth-order valence-corrected chi connectivity index (χ4v) is 1.83. The van der Waals surface area contributed by atoms with Crippen LogP contribution in [0.1, 0.15) is 44.2 Å². The Balaban J connectivity index is 2.51. The third-order valence-corrected chi connectivity index (χ3v) is 2.78. The molecular formula is C14H21NO2. The van der Waals surface area contributed by atoms with Crippen molar-refractivity contribution in [3.63, 3.8) is 0 Å². The molecule has 17 heavy (non-hydrogen) atoms. The van der Waals surface area contributed by atoms with E-state index in [0.717, 1.165) is 19.3 Å². The van der Waals surface area contributed by atoms with E-state index in [4.69, 9.17) is 5.11 Å². The zero-order chi connectivity index (χ0) is 12.5. The molecular weight excluding hydrogens is 214 g/mol. The fourth-order valence-electron chi connectivity index (χ4n) is 1.83. The van der Waals surface area contributed by atoms with Gasteiger partial charge in [-0.15, -0.1) is 0 Å². The second-order valence-electron chi connectivity index (χ2n) is 4.20. The molecule has 0 amide bonds. The van der Waals surface area contributed by atoms with Gasteiger partial charge in [0.1, 0.15) is 0 Å². The van der Waals surface area contributed by atoms with Gasteiger partial charge in [-0.05, 0) is 12.0 Å². The van der Waals surface area contributed by atoms with Gasteiger partial charge < -0.3 is 10.4 Å². The van der Waals surface area contributed by atoms with Crippen LogP contribution in [0.3, 0.4) is 0 Å². The van der Waals surface area contributed by atoms with Crippen LogP contribution in [0.5, 0.6) is 0 Å². The van der Waals surface area contributed by atoms with E-state index in [1.165, 1.54) is 5.56 Å². The van der Waals surface area contributed by atoms with Crippen LogP contribution in [0.15, 0.2) is 30.3 Å². The first kappa shape index (κ1) is 13.7. The smallest absolute Gasteiger partial charge is 0.304 e. The minimum atomic E-state index is -0.750. The number of aliphatic carboxylic acids is 1. The first-order valence-electron chi connectivity index (χ1n) is 6.24. The minimum absolute atomic E-state index is 0.176. The molecule has 0 bridgehead atoms. The maximum absolute atomic E-state index is 10.5. The first-order chi connectivity index (χ1) is 8.24. The average Bonchev–Trinajstić information content (AvgIpc) is 2.34. The summed E-state index contributed by atoms with van der Waals surface area (Å²) in [4.78, 5) is 10.5. The minimum Gasteiger partial charge on any atom is -0.481 e. The van der Waals surface area contributed by atoms with Gasteiger partial charge in [-0.2, -0.15) is 0 Å². The van der Waals surface area contributed by atoms with Gasteiger partial charge in [0.15, 0.2) is 0 Å². The Hall–Kier alpha value is -1.35. The van der Waals surface area contributed by atoms with Crippen LogP contribution >= 0.6 is 0 Å². The number of hydrogen-bond acceptors (Lipinski definition) is 2. The van der Waals surface area contributed by atoms with Gasteiger partial charge in [-0.25, -0.2) is 0 Å². The highest BCUT2D eigenvalue weighted by Crippen LogP contribution is 2.18. The van der Waals surface area contributed by atoms with Gasteiger partial charge in [0.25, 0.3) is 0 Å². The predicted octanol–water partition coefficient (Wildman–Crippen LogP) is 2.98. The number of hydrogen-bond donors (Lipinski definition) is 2. The lowest BCUT2D eigenvalue weighted by molar-refractivity contribution is -0.136. The Bertz CT molecular complexity index is 324. The summed E-state index contributed by atoms with van der Waals surface area (Å²) in [5.41, 5.74) is 1.24. The number of benzene rings is 1. The Morgan fingerprint density at radius 3 is 2.65 bits per heavy atom. The summed E-state index contributed by atoms with van der Waals surface area (Å²) in [6.45, 7) is 2.69. The predicted molar refractivity (Wildman–Crippen MR) is 69.0 cm³/mol. The van der Waals surface area contributed by atoms with E-state index in [-0.39, 0.29) is 12.5 Å². The number of carboxylic acid groups (broad SMARTS) is 1. The van der Waals surface area contributed by atoms with Gasteiger partial charge in [-0.1, -0.05) is 50.1 Å². The molecule has 0 spiro atoms. The van der Waals surface area contributed by atoms with Crippen LogP contribution in [0.25, 0.3) is 0 Å². The van der Waals surface area contributed by atoms with Crippen molar-refractivity contribution < 1.29 is 9.90 Å². The van der Waals surface area contributed by atoms with Crippen LogP contribution < -0.4 is 5.32 Å². The third kappa shape index (κ3) is 5.50. The molecule has 3 nitrogen and oxygen atoms in total. The van der Waals surface area contributed by atoms with Crippen molar-refractivity contribution >= 4 is 5.97 Å². The number of unbranched alkanes of at least 4 members (excludes halogenated alkanes) is 1. The molecule has 1 aromatic carbocycles. The first-order valence-corrected chi connectivity index (χ1v) is 6.24. The second-order valence-corrected chi connectivity index (χ2v) is 4.20. The molecule has 1 unspecified atom stereocenters. The van der Waals surface area contributed by atoms with Gasteiger partial charge in [0.05, 0.1) is 6.42 Å². The van der Waals surface area contributed by atoms with E-state index in [9.17, 15) is 4.79 Å². The second kappa shape index (κ2) is 7.85. The topological polar surface area (TPSA) is 49.3 Å². The highest BCUT2D eigenvalue weighted by Gasteiger charge is 2.10. The number of nitrogens with one attached hydrogen (secondary N) is 1. The maximum Gasteiger partial charge on any atom is 0.304 e. The molecule has 1 atom stereocenters. The van der Waals surface area contributed by atoms with Crippen molar-refractivity contribution in [2.45, 2.75) is 38.6 Å². The Morgan fingerprint density at radius 1 is 1.35 bits per heavy atom. The van der Waals surface area contributed by atoms with Gasteiger partial charge in [0.2, 0.25) is 0 Å². The highest BCUT2D eigenvalue weighted by molar-refractivity contribution is 5.66. The summed E-state index contributed by atoms with van der Waals surface area (Å²) < 4.78 is 0. The van der Waals surface area contributed by atoms with Crippen LogP contribution in [-0.2, 0) is 4.79 Å². The lowest BCUT2D eigenvalue weighted by Crippen LogP contribution is -2.24. The van der Waals surface area contributed by atoms with Gasteiger partial charge in [-0.3, -0.25) is 4.79 Å². The maximum atomic E-state index is 10.5. The molecule has 0 fully saturated rings. The van der Waals surface area contributed by atoms with Crippen molar-refractivity contribution in [3.05, 3.63) is 35.9 Å². The van der Waals surface area contributed by atoms with Crippen LogP contribution in [0.4, 0.5) is 0 Å². The number of carbonyl (C=O) groups is 1. The molecule has 2 N–H and O–H groups in total. The van der Waals surface area contributed by atoms with E-state index >= 15 is 0 Å². The quantitative estimate of drug-likeness (QED) is 0.728. The van der Waals surface area contributed by atoms with E-state index in [1.54, 1.807) is 0 Å². The van der Waals surface area contributed by atoms with Crippen molar-refractivity contribution in [2.24, 2.45) is 0 Å². The van der Waals surface area contributed by atoms with Crippen molar-refractivity contribution in [2.75, 3.05) is 6.54 Å². The lowest BCUT2D eigenvalue weighted by Gasteiger charge is -2.18. The zero-order valence-corrected chi connectivity index (χ0v) is 10.4. The number of rotatable bonds is 8. The largest absolute Gasteiger partial charge is 0.481 e.